The van der Waals surface area contributed by atoms with E-state index >= 15 is 0 Å². The number of piperidine rings is 1. The number of tetrazole rings is 1. The minimum atomic E-state index is -0.555. The number of hydrogen-bond donors (Lipinski definition) is 0. The van der Waals surface area contributed by atoms with Crippen molar-refractivity contribution in [1.29, 1.82) is 0 Å². The van der Waals surface area contributed by atoms with Gasteiger partial charge < -0.3 is 9.64 Å². The molecule has 182 valence electrons. The summed E-state index contributed by atoms with van der Waals surface area (Å²) < 4.78 is 23.9. The van der Waals surface area contributed by atoms with Crippen LogP contribution in [0.3, 0.4) is 0 Å². The summed E-state index contributed by atoms with van der Waals surface area (Å²) >= 11 is 0. The van der Waals surface area contributed by atoms with Gasteiger partial charge in [-0.05, 0) is 47.4 Å². The lowest BCUT2D eigenvalue weighted by Gasteiger charge is -2.31. The van der Waals surface area contributed by atoms with Gasteiger partial charge in [0.1, 0.15) is 6.33 Å². The number of aromatic nitrogens is 9. The van der Waals surface area contributed by atoms with Crippen molar-refractivity contribution in [3.05, 3.63) is 72.6 Å². The average Bonchev–Trinajstić information content (AvgIpc) is 3.61. The maximum atomic E-state index is 14.8. The van der Waals surface area contributed by atoms with Crippen molar-refractivity contribution in [3.8, 4) is 17.3 Å². The predicted molar refractivity (Wildman–Crippen MR) is 128 cm³/mol. The Morgan fingerprint density at radius 2 is 1.89 bits per heavy atom. The van der Waals surface area contributed by atoms with Crippen molar-refractivity contribution in [3.63, 3.8) is 0 Å². The lowest BCUT2D eigenvalue weighted by atomic mass is 9.94. The van der Waals surface area contributed by atoms with Gasteiger partial charge in [-0.3, -0.25) is 4.40 Å². The minimum Gasteiger partial charge on any atom is -0.433 e. The molecule has 6 rings (SSSR count). The summed E-state index contributed by atoms with van der Waals surface area (Å²) in [6.07, 6.45) is 13.4. The Bertz CT molecular complexity index is 1480. The van der Waals surface area contributed by atoms with Crippen molar-refractivity contribution < 1.29 is 9.13 Å². The van der Waals surface area contributed by atoms with Crippen LogP contribution in [0.4, 0.5) is 10.3 Å². The molecule has 0 amide bonds. The monoisotopic (exact) mass is 486 g/mol. The molecule has 11 nitrogen and oxygen atoms in total. The molecule has 1 aliphatic rings. The smallest absolute Gasteiger partial charge is 0.263 e. The molecular formula is C24H23FN10O. The van der Waals surface area contributed by atoms with E-state index in [0.29, 0.717) is 17.3 Å². The van der Waals surface area contributed by atoms with E-state index in [1.165, 1.54) is 23.1 Å². The Morgan fingerprint density at radius 1 is 1.06 bits per heavy atom. The highest BCUT2D eigenvalue weighted by molar-refractivity contribution is 5.53. The van der Waals surface area contributed by atoms with E-state index in [0.717, 1.165) is 49.6 Å². The number of aryl methyl sites for hydroxylation is 1. The van der Waals surface area contributed by atoms with E-state index in [1.54, 1.807) is 12.3 Å². The number of hydrogen-bond acceptors (Lipinski definition) is 9. The zero-order valence-electron chi connectivity index (χ0n) is 19.6. The maximum absolute atomic E-state index is 14.8. The van der Waals surface area contributed by atoms with Gasteiger partial charge >= 0.3 is 0 Å². The van der Waals surface area contributed by atoms with Crippen molar-refractivity contribution in [2.75, 3.05) is 18.0 Å². The quantitative estimate of drug-likeness (QED) is 0.356. The summed E-state index contributed by atoms with van der Waals surface area (Å²) in [4.78, 5) is 20.1. The number of anilines is 1. The first-order chi connectivity index (χ1) is 17.7. The van der Waals surface area contributed by atoms with Crippen molar-refractivity contribution in [2.45, 2.75) is 32.1 Å². The highest BCUT2D eigenvalue weighted by Gasteiger charge is 2.25. The zero-order valence-corrected chi connectivity index (χ0v) is 19.6. The molecule has 0 saturated carbocycles. The van der Waals surface area contributed by atoms with E-state index in [4.69, 9.17) is 4.74 Å². The lowest BCUT2D eigenvalue weighted by molar-refractivity contribution is 0.428. The fraction of sp³-hybridized carbons (Fsp3) is 0.292. The molecule has 5 aromatic rings. The Labute approximate surface area is 205 Å². The van der Waals surface area contributed by atoms with Crippen LogP contribution >= 0.6 is 0 Å². The van der Waals surface area contributed by atoms with Crippen LogP contribution in [-0.2, 0) is 6.42 Å². The Balaban J connectivity index is 1.19. The lowest BCUT2D eigenvalue weighted by Crippen LogP contribution is -2.34. The number of benzene rings is 1. The predicted octanol–water partition coefficient (Wildman–Crippen LogP) is 3.37. The summed E-state index contributed by atoms with van der Waals surface area (Å²) in [6.45, 7) is 3.81. The van der Waals surface area contributed by atoms with Gasteiger partial charge in [-0.25, -0.2) is 29.0 Å². The summed E-state index contributed by atoms with van der Waals surface area (Å²) in [5.41, 5.74) is 3.23. The van der Waals surface area contributed by atoms with E-state index in [-0.39, 0.29) is 11.6 Å². The van der Waals surface area contributed by atoms with Gasteiger partial charge in [0.15, 0.2) is 11.6 Å². The molecule has 0 atom stereocenters. The first kappa shape index (κ1) is 22.0. The molecule has 12 heteroatoms. The minimum absolute atomic E-state index is 0.0411. The summed E-state index contributed by atoms with van der Waals surface area (Å²) in [5.74, 6) is 0.810. The number of imidazole rings is 1. The van der Waals surface area contributed by atoms with Crippen LogP contribution in [0.25, 0.3) is 11.3 Å². The fourth-order valence-corrected chi connectivity index (χ4v) is 4.46. The van der Waals surface area contributed by atoms with E-state index < -0.39 is 5.82 Å². The second-order valence-electron chi connectivity index (χ2n) is 8.59. The van der Waals surface area contributed by atoms with E-state index in [9.17, 15) is 4.39 Å². The molecule has 1 aromatic carbocycles. The molecule has 0 N–H and O–H groups in total. The van der Waals surface area contributed by atoms with Gasteiger partial charge in [0.2, 0.25) is 11.6 Å². The van der Waals surface area contributed by atoms with Gasteiger partial charge in [0.05, 0.1) is 5.69 Å². The maximum Gasteiger partial charge on any atom is 0.263 e. The topological polar surface area (TPSA) is 112 Å². The first-order valence-corrected chi connectivity index (χ1v) is 11.8. The molecule has 36 heavy (non-hydrogen) atoms. The van der Waals surface area contributed by atoms with E-state index in [2.05, 4.69) is 47.3 Å². The van der Waals surface area contributed by atoms with Crippen LogP contribution in [0, 0.1) is 5.82 Å². The number of ether oxygens (including phenoxy) is 1. The third-order valence-corrected chi connectivity index (χ3v) is 6.46. The molecule has 1 saturated heterocycles. The van der Waals surface area contributed by atoms with Gasteiger partial charge in [0.25, 0.3) is 5.88 Å². The number of nitrogens with zero attached hydrogens (tertiary/aromatic N) is 10. The van der Waals surface area contributed by atoms with Gasteiger partial charge in [-0.1, -0.05) is 6.92 Å². The largest absolute Gasteiger partial charge is 0.433 e. The summed E-state index contributed by atoms with van der Waals surface area (Å²) in [5, 5.41) is 10.9. The number of rotatable bonds is 6. The Hall–Kier alpha value is -4.48. The molecule has 5 heterocycles. The van der Waals surface area contributed by atoms with Crippen LogP contribution in [0.15, 0.2) is 55.5 Å². The zero-order chi connectivity index (χ0) is 24.5. The van der Waals surface area contributed by atoms with Crippen molar-refractivity contribution >= 4 is 11.6 Å². The molecule has 1 fully saturated rings. The second-order valence-corrected chi connectivity index (χ2v) is 8.59. The molecule has 0 radical (unpaired) electrons. The molecule has 0 unspecified atom stereocenters. The molecule has 0 bridgehead atoms. The normalized spacial score (nSPS) is 14.4. The standard InChI is InChI=1S/C24H23FN10O/c1-2-16-12-28-24(29-13-16)33-8-5-17(6-9-33)20-14-27-22-23(26-7-10-34(20)22)36-21-4-3-18(11-19(21)25)35-15-30-31-32-35/h3-4,7,10-15,17H,2,5-6,8-9H2,1H3. The second kappa shape index (κ2) is 9.29. The van der Waals surface area contributed by atoms with E-state index in [1.807, 2.05) is 29.2 Å². The summed E-state index contributed by atoms with van der Waals surface area (Å²) in [7, 11) is 0. The summed E-state index contributed by atoms with van der Waals surface area (Å²) in [6, 6.07) is 4.49. The molecule has 0 aliphatic carbocycles. The van der Waals surface area contributed by atoms with Crippen molar-refractivity contribution in [1.82, 2.24) is 44.5 Å². The molecular weight excluding hydrogens is 463 g/mol. The molecule has 4 aromatic heterocycles. The van der Waals surface area contributed by atoms with Gasteiger partial charge in [0, 0.05) is 61.8 Å². The fourth-order valence-electron chi connectivity index (χ4n) is 4.46. The number of fused-ring (bicyclic) bond motifs is 1. The highest BCUT2D eigenvalue weighted by atomic mass is 19.1. The first-order valence-electron chi connectivity index (χ1n) is 11.8. The number of halogens is 1. The Kier molecular flexibility index (Phi) is 5.68. The SMILES string of the molecule is CCc1cnc(N2CCC(c3cnc4c(Oc5ccc(-n6cnnn6)cc5F)nccn34)CC2)nc1. The van der Waals surface area contributed by atoms with Crippen LogP contribution in [0.1, 0.15) is 36.9 Å². The molecule has 0 spiro atoms. The average molecular weight is 487 g/mol. The third-order valence-electron chi connectivity index (χ3n) is 6.46. The van der Waals surface area contributed by atoms with Gasteiger partial charge in [-0.2, -0.15) is 0 Å². The van der Waals surface area contributed by atoms with Crippen molar-refractivity contribution in [2.24, 2.45) is 0 Å². The van der Waals surface area contributed by atoms with Crippen LogP contribution in [-0.4, -0.2) is 57.6 Å². The highest BCUT2D eigenvalue weighted by Crippen LogP contribution is 2.32. The third kappa shape index (κ3) is 4.10. The van der Waals surface area contributed by atoms with Crippen LogP contribution in [0.5, 0.6) is 11.6 Å². The Morgan fingerprint density at radius 3 is 2.61 bits per heavy atom. The molecule has 1 aliphatic heterocycles. The van der Waals surface area contributed by atoms with Crippen LogP contribution in [0.2, 0.25) is 0 Å². The van der Waals surface area contributed by atoms with Gasteiger partial charge in [-0.15, -0.1) is 5.10 Å². The van der Waals surface area contributed by atoms with Crippen LogP contribution < -0.4 is 9.64 Å².